The van der Waals surface area contributed by atoms with E-state index in [4.69, 9.17) is 21.3 Å². The van der Waals surface area contributed by atoms with Gasteiger partial charge < -0.3 is 19.4 Å². The molecule has 234 valence electrons. The Kier molecular flexibility index (Phi) is 9.67. The number of fused-ring (bicyclic) bond motifs is 1. The largest absolute Gasteiger partial charge is 0.462 e. The van der Waals surface area contributed by atoms with E-state index in [2.05, 4.69) is 46.3 Å². The molecule has 1 amide bonds. The number of hydrogen-bond donors (Lipinski definition) is 1. The van der Waals surface area contributed by atoms with Crippen molar-refractivity contribution in [1.29, 1.82) is 0 Å². The van der Waals surface area contributed by atoms with Gasteiger partial charge in [0, 0.05) is 49.2 Å². The van der Waals surface area contributed by atoms with E-state index in [-0.39, 0.29) is 46.1 Å². The summed E-state index contributed by atoms with van der Waals surface area (Å²) in [5, 5.41) is 4.92. The van der Waals surface area contributed by atoms with Gasteiger partial charge in [-0.1, -0.05) is 30.3 Å². The van der Waals surface area contributed by atoms with Crippen molar-refractivity contribution >= 4 is 53.3 Å². The van der Waals surface area contributed by atoms with Gasteiger partial charge in [-0.15, -0.1) is 0 Å². The number of hydrazone groups is 1. The predicted octanol–water partition coefficient (Wildman–Crippen LogP) is 5.59. The lowest BCUT2D eigenvalue weighted by molar-refractivity contribution is -0.128. The molecule has 2 aliphatic heterocycles. The minimum absolute atomic E-state index is 0.110. The average molecular weight is 640 g/mol. The lowest BCUT2D eigenvalue weighted by atomic mass is 9.96. The Balaban J connectivity index is 1.64. The van der Waals surface area contributed by atoms with Crippen LogP contribution in [-0.4, -0.2) is 94.8 Å². The molecular formula is C32H39ClFN7O2S. The van der Waals surface area contributed by atoms with Gasteiger partial charge in [-0.2, -0.15) is 15.1 Å². The third kappa shape index (κ3) is 6.50. The Labute approximate surface area is 268 Å². The molecule has 3 heterocycles. The molecule has 1 aromatic heterocycles. The lowest BCUT2D eigenvalue weighted by Gasteiger charge is -2.44. The summed E-state index contributed by atoms with van der Waals surface area (Å²) in [5.41, 5.74) is 2.63. The number of likely N-dealkylation sites (N-methyl/N-ethyl adjacent to an activating group) is 1. The van der Waals surface area contributed by atoms with Crippen molar-refractivity contribution in [2.24, 2.45) is 5.10 Å². The summed E-state index contributed by atoms with van der Waals surface area (Å²) in [5.74, 6) is -0.149. The van der Waals surface area contributed by atoms with Crippen LogP contribution in [0.15, 0.2) is 42.0 Å². The second kappa shape index (κ2) is 13.3. The first-order valence-corrected chi connectivity index (χ1v) is 15.6. The van der Waals surface area contributed by atoms with Gasteiger partial charge in [-0.25, -0.2) is 8.80 Å². The maximum atomic E-state index is 16.8. The summed E-state index contributed by atoms with van der Waals surface area (Å²) in [6.45, 7) is 11.9. The number of amides is 1. The number of nitrogens with zero attached hydrogens (tertiary/aromatic N) is 7. The van der Waals surface area contributed by atoms with E-state index in [1.807, 2.05) is 39.0 Å². The van der Waals surface area contributed by atoms with Crippen molar-refractivity contribution in [1.82, 2.24) is 24.2 Å². The number of ether oxygens (including phenoxy) is 1. The van der Waals surface area contributed by atoms with E-state index in [1.165, 1.54) is 10.5 Å². The molecule has 2 fully saturated rings. The molecule has 0 spiro atoms. The molecular weight excluding hydrogens is 601 g/mol. The van der Waals surface area contributed by atoms with Crippen LogP contribution in [0.5, 0.6) is 6.01 Å². The molecule has 3 atom stereocenters. The fourth-order valence-electron chi connectivity index (χ4n) is 6.04. The van der Waals surface area contributed by atoms with Gasteiger partial charge >= 0.3 is 6.01 Å². The topological polar surface area (TPSA) is 77.4 Å². The smallest absolute Gasteiger partial charge is 0.319 e. The molecule has 3 aromatic rings. The second-order valence-electron chi connectivity index (χ2n) is 11.7. The molecule has 0 saturated carbocycles. The molecule has 5 rings (SSSR count). The number of hydrogen-bond acceptors (Lipinski definition) is 9. The van der Waals surface area contributed by atoms with Crippen LogP contribution in [0.4, 0.5) is 10.2 Å². The Hall–Kier alpha value is -3.41. The Morgan fingerprint density at radius 1 is 1.27 bits per heavy atom. The number of rotatable bonds is 8. The highest BCUT2D eigenvalue weighted by Crippen LogP contribution is 2.41. The zero-order valence-corrected chi connectivity index (χ0v) is 27.4. The molecule has 2 aliphatic rings. The second-order valence-corrected chi connectivity index (χ2v) is 12.7. The highest BCUT2D eigenvalue weighted by atomic mass is 35.5. The normalized spacial score (nSPS) is 21.0. The van der Waals surface area contributed by atoms with Gasteiger partial charge in [0.1, 0.15) is 17.9 Å². The third-order valence-corrected chi connectivity index (χ3v) is 8.94. The summed E-state index contributed by atoms with van der Waals surface area (Å²) in [6.07, 6.45) is 5.09. The van der Waals surface area contributed by atoms with Gasteiger partial charge in [0.15, 0.2) is 5.82 Å². The number of thiol groups is 1. The van der Waals surface area contributed by atoms with Crippen molar-refractivity contribution in [2.45, 2.75) is 51.7 Å². The van der Waals surface area contributed by atoms with Crippen LogP contribution < -0.4 is 9.64 Å². The monoisotopic (exact) mass is 639 g/mol. The minimum atomic E-state index is -0.552. The van der Waals surface area contributed by atoms with Gasteiger partial charge in [0.25, 0.3) is 0 Å². The number of halogens is 2. The van der Waals surface area contributed by atoms with Gasteiger partial charge in [-0.3, -0.25) is 4.79 Å². The van der Waals surface area contributed by atoms with Gasteiger partial charge in [0.2, 0.25) is 5.91 Å². The lowest BCUT2D eigenvalue weighted by Crippen LogP contribution is -2.58. The molecule has 44 heavy (non-hydrogen) atoms. The number of piperazine rings is 1. The standard InChI is InChI=1S/C32H39ClFN7O2S/c1-7-27(42)40-16-21(4)41(17-20(40)3)31-25-14-26(33)28(24-13-22(11-10-19(24)2)15-35-39(6)44)29(34)30(25)36-32(37-31)43-18-23-9-8-12-38(23)5/h7,10-11,13-15,20-21,23,44H,1,8-9,12,16-18H2,2-6H3/b35-15-/t20-,21+,23+/m1/s1. The number of anilines is 1. The minimum Gasteiger partial charge on any atom is -0.462 e. The van der Waals surface area contributed by atoms with Crippen LogP contribution in [0.25, 0.3) is 22.0 Å². The van der Waals surface area contributed by atoms with E-state index >= 15 is 4.39 Å². The molecule has 9 nitrogen and oxygen atoms in total. The fourth-order valence-corrected chi connectivity index (χ4v) is 6.38. The number of aryl methyl sites for hydroxylation is 1. The van der Waals surface area contributed by atoms with Gasteiger partial charge in [-0.05, 0) is 94.9 Å². The van der Waals surface area contributed by atoms with E-state index in [0.717, 1.165) is 30.5 Å². The number of aromatic nitrogens is 2. The number of benzene rings is 2. The van der Waals surface area contributed by atoms with Gasteiger partial charge in [0.05, 0.1) is 11.2 Å². The summed E-state index contributed by atoms with van der Waals surface area (Å²) >= 11 is 11.0. The summed E-state index contributed by atoms with van der Waals surface area (Å²) in [7, 11) is 3.78. The van der Waals surface area contributed by atoms with Crippen molar-refractivity contribution in [3.63, 3.8) is 0 Å². The van der Waals surface area contributed by atoms with Crippen LogP contribution in [0, 0.1) is 12.7 Å². The summed E-state index contributed by atoms with van der Waals surface area (Å²) in [6, 6.07) is 7.49. The average Bonchev–Trinajstić information content (AvgIpc) is 3.41. The van der Waals surface area contributed by atoms with Crippen molar-refractivity contribution < 1.29 is 13.9 Å². The maximum absolute atomic E-state index is 16.8. The van der Waals surface area contributed by atoms with Crippen molar-refractivity contribution in [3.05, 3.63) is 58.9 Å². The maximum Gasteiger partial charge on any atom is 0.319 e. The molecule has 0 unspecified atom stereocenters. The SMILES string of the molecule is C=CC(=O)N1C[C@H](C)N(c2nc(OC[C@@H]3CCCN3C)nc3c(F)c(-c4cc(/C=N\N(C)S)ccc4C)c(Cl)cc23)C[C@H]1C. The third-order valence-electron chi connectivity index (χ3n) is 8.54. The van der Waals surface area contributed by atoms with Crippen LogP contribution in [0.1, 0.15) is 37.8 Å². The van der Waals surface area contributed by atoms with E-state index < -0.39 is 5.82 Å². The van der Waals surface area contributed by atoms with Crippen LogP contribution in [0.2, 0.25) is 5.02 Å². The van der Waals surface area contributed by atoms with Crippen molar-refractivity contribution in [2.75, 3.05) is 45.2 Å². The Bertz CT molecular complexity index is 1600. The first-order chi connectivity index (χ1) is 21.0. The van der Waals surface area contributed by atoms with Crippen LogP contribution in [0.3, 0.4) is 0 Å². The Morgan fingerprint density at radius 2 is 2.05 bits per heavy atom. The molecule has 0 N–H and O–H groups in total. The first-order valence-electron chi connectivity index (χ1n) is 14.8. The fraction of sp³-hybridized carbons (Fsp3) is 0.438. The number of carbonyl (C=O) groups is 1. The summed E-state index contributed by atoms with van der Waals surface area (Å²) < 4.78 is 24.3. The zero-order valence-electron chi connectivity index (χ0n) is 25.8. The van der Waals surface area contributed by atoms with Crippen LogP contribution >= 0.6 is 24.4 Å². The van der Waals surface area contributed by atoms with Crippen molar-refractivity contribution in [3.8, 4) is 17.1 Å². The molecule has 0 aliphatic carbocycles. The highest BCUT2D eigenvalue weighted by molar-refractivity contribution is 7.77. The molecule has 0 bridgehead atoms. The number of carbonyl (C=O) groups excluding carboxylic acids is 1. The molecule has 2 aromatic carbocycles. The zero-order chi connectivity index (χ0) is 31.7. The first kappa shape index (κ1) is 32.0. The highest BCUT2D eigenvalue weighted by Gasteiger charge is 2.34. The number of likely N-dealkylation sites (tertiary alicyclic amines) is 1. The molecule has 12 heteroatoms. The van der Waals surface area contributed by atoms with E-state index in [0.29, 0.717) is 36.5 Å². The quantitative estimate of drug-likeness (QED) is 0.149. The Morgan fingerprint density at radius 3 is 2.73 bits per heavy atom. The molecule has 0 radical (unpaired) electrons. The van der Waals surface area contributed by atoms with Crippen LogP contribution in [-0.2, 0) is 4.79 Å². The van der Waals surface area contributed by atoms with E-state index in [9.17, 15) is 4.79 Å². The molecule has 2 saturated heterocycles. The predicted molar refractivity (Wildman–Crippen MR) is 178 cm³/mol. The summed E-state index contributed by atoms with van der Waals surface area (Å²) in [4.78, 5) is 28.1. The van der Waals surface area contributed by atoms with E-state index in [1.54, 1.807) is 24.2 Å².